The van der Waals surface area contributed by atoms with E-state index in [1.807, 2.05) is 6.92 Å². The van der Waals surface area contributed by atoms with Crippen LogP contribution in [0, 0.1) is 30.5 Å². The normalized spacial score (nSPS) is 20.8. The third-order valence-electron chi connectivity index (χ3n) is 6.38. The molecule has 0 saturated heterocycles. The molecule has 3 aromatic rings. The Morgan fingerprint density at radius 2 is 1.97 bits per heavy atom. The van der Waals surface area contributed by atoms with Gasteiger partial charge < -0.3 is 9.47 Å². The van der Waals surface area contributed by atoms with Crippen LogP contribution in [0.4, 0.5) is 4.39 Å². The highest BCUT2D eigenvalue weighted by atomic mass is 32.1. The number of aromatic nitrogens is 2. The quantitative estimate of drug-likeness (QED) is 0.431. The number of fused-ring (bicyclic) bond motifs is 1. The molecule has 2 aromatic heterocycles. The summed E-state index contributed by atoms with van der Waals surface area (Å²) in [4.78, 5) is 26.2. The lowest BCUT2D eigenvalue weighted by molar-refractivity contribution is -0.159. The van der Waals surface area contributed by atoms with E-state index in [4.69, 9.17) is 9.47 Å². The van der Waals surface area contributed by atoms with Crippen molar-refractivity contribution in [2.75, 3.05) is 6.61 Å². The van der Waals surface area contributed by atoms with E-state index in [0.29, 0.717) is 28.3 Å². The minimum Gasteiger partial charge on any atom is -0.460 e. The standard InChI is InChI=1S/C25H29FN2O4S/c1-14(2)19-10-5-15(3)11-21(19)32-23(29)13-31-25(30)22-12-20-16(4)27-28(24(20)33-22)18-8-6-17(26)7-9-18/h6-9,12,14-15,19,21H,5,10-11,13H2,1-4H3/t15-,19-,21+/m0/s1. The van der Waals surface area contributed by atoms with Crippen molar-refractivity contribution in [3.05, 3.63) is 46.7 Å². The summed E-state index contributed by atoms with van der Waals surface area (Å²) in [5, 5.41) is 5.31. The SMILES string of the molecule is Cc1nn(-c2ccc(F)cc2)c2sc(C(=O)OCC(=O)O[C@@H]3C[C@@H](C)CC[C@H]3C(C)C)cc12. The van der Waals surface area contributed by atoms with Crippen molar-refractivity contribution >= 4 is 33.5 Å². The predicted octanol–water partition coefficient (Wildman–Crippen LogP) is 5.70. The summed E-state index contributed by atoms with van der Waals surface area (Å²) in [5.41, 5.74) is 1.44. The number of carbonyl (C=O) groups is 2. The maximum atomic E-state index is 13.3. The number of hydrogen-bond donors (Lipinski definition) is 0. The van der Waals surface area contributed by atoms with Gasteiger partial charge in [0.1, 0.15) is 21.6 Å². The Labute approximate surface area is 196 Å². The molecule has 1 aliphatic carbocycles. The highest BCUT2D eigenvalue weighted by Crippen LogP contribution is 2.35. The van der Waals surface area contributed by atoms with Crippen molar-refractivity contribution in [2.45, 2.75) is 53.1 Å². The first kappa shape index (κ1) is 23.4. The molecular weight excluding hydrogens is 443 g/mol. The fourth-order valence-electron chi connectivity index (χ4n) is 4.55. The first-order valence-corrected chi connectivity index (χ1v) is 12.2. The van der Waals surface area contributed by atoms with Crippen molar-refractivity contribution in [2.24, 2.45) is 17.8 Å². The van der Waals surface area contributed by atoms with Crippen molar-refractivity contribution < 1.29 is 23.5 Å². The van der Waals surface area contributed by atoms with Gasteiger partial charge in [0, 0.05) is 5.39 Å². The van der Waals surface area contributed by atoms with E-state index in [0.717, 1.165) is 35.2 Å². The zero-order valence-corrected chi connectivity index (χ0v) is 20.2. The van der Waals surface area contributed by atoms with E-state index >= 15 is 0 Å². The number of rotatable bonds is 6. The average molecular weight is 473 g/mol. The number of ether oxygens (including phenoxy) is 2. The first-order chi connectivity index (χ1) is 15.7. The van der Waals surface area contributed by atoms with Crippen LogP contribution in [0.25, 0.3) is 15.9 Å². The highest BCUT2D eigenvalue weighted by Gasteiger charge is 2.33. The fourth-order valence-corrected chi connectivity index (χ4v) is 5.63. The second-order valence-corrected chi connectivity index (χ2v) is 10.3. The maximum absolute atomic E-state index is 13.3. The van der Waals surface area contributed by atoms with E-state index in [2.05, 4.69) is 25.9 Å². The van der Waals surface area contributed by atoms with Crippen LogP contribution in [-0.2, 0) is 14.3 Å². The largest absolute Gasteiger partial charge is 0.460 e. The van der Waals surface area contributed by atoms with E-state index < -0.39 is 18.5 Å². The summed E-state index contributed by atoms with van der Waals surface area (Å²) in [7, 11) is 0. The van der Waals surface area contributed by atoms with Gasteiger partial charge in [-0.15, -0.1) is 11.3 Å². The Morgan fingerprint density at radius 3 is 2.67 bits per heavy atom. The molecule has 0 spiro atoms. The minimum absolute atomic E-state index is 0.131. The number of halogens is 1. The van der Waals surface area contributed by atoms with Gasteiger partial charge in [-0.05, 0) is 67.9 Å². The second-order valence-electron chi connectivity index (χ2n) is 9.23. The summed E-state index contributed by atoms with van der Waals surface area (Å²) in [6.45, 7) is 7.91. The monoisotopic (exact) mass is 472 g/mol. The molecule has 1 aliphatic rings. The molecule has 2 heterocycles. The Bertz CT molecular complexity index is 1150. The Hall–Kier alpha value is -2.74. The Balaban J connectivity index is 1.42. The fraction of sp³-hybridized carbons (Fsp3) is 0.480. The average Bonchev–Trinajstić information content (AvgIpc) is 3.33. The van der Waals surface area contributed by atoms with Crippen LogP contribution < -0.4 is 0 Å². The van der Waals surface area contributed by atoms with E-state index in [1.54, 1.807) is 22.9 Å². The summed E-state index contributed by atoms with van der Waals surface area (Å²) in [6, 6.07) is 7.71. The Kier molecular flexibility index (Phi) is 6.83. The number of esters is 2. The van der Waals surface area contributed by atoms with Crippen LogP contribution in [-0.4, -0.2) is 34.4 Å². The zero-order valence-electron chi connectivity index (χ0n) is 19.3. The Morgan fingerprint density at radius 1 is 1.24 bits per heavy atom. The lowest BCUT2D eigenvalue weighted by Crippen LogP contribution is -2.36. The van der Waals surface area contributed by atoms with Gasteiger partial charge in [-0.2, -0.15) is 5.10 Å². The van der Waals surface area contributed by atoms with Gasteiger partial charge in [-0.25, -0.2) is 18.7 Å². The molecule has 176 valence electrons. The van der Waals surface area contributed by atoms with Gasteiger partial charge in [0.2, 0.25) is 0 Å². The molecule has 0 bridgehead atoms. The first-order valence-electron chi connectivity index (χ1n) is 11.3. The van der Waals surface area contributed by atoms with Gasteiger partial charge in [0.25, 0.3) is 0 Å². The maximum Gasteiger partial charge on any atom is 0.348 e. The van der Waals surface area contributed by atoms with Crippen molar-refractivity contribution in [1.29, 1.82) is 0 Å². The molecule has 1 saturated carbocycles. The molecule has 1 aromatic carbocycles. The van der Waals surface area contributed by atoms with Crippen molar-refractivity contribution in [3.8, 4) is 5.69 Å². The molecule has 1 fully saturated rings. The smallest absolute Gasteiger partial charge is 0.348 e. The van der Waals surface area contributed by atoms with Crippen LogP contribution in [0.5, 0.6) is 0 Å². The second kappa shape index (κ2) is 9.63. The molecule has 6 nitrogen and oxygen atoms in total. The van der Waals surface area contributed by atoms with Gasteiger partial charge in [-0.1, -0.05) is 27.2 Å². The summed E-state index contributed by atoms with van der Waals surface area (Å²) < 4.78 is 25.9. The lowest BCUT2D eigenvalue weighted by Gasteiger charge is -2.36. The highest BCUT2D eigenvalue weighted by molar-refractivity contribution is 7.20. The molecule has 0 unspecified atom stereocenters. The lowest BCUT2D eigenvalue weighted by atomic mass is 9.75. The van der Waals surface area contributed by atoms with E-state index in [-0.39, 0.29) is 11.9 Å². The number of nitrogens with zero attached hydrogens (tertiary/aromatic N) is 2. The van der Waals surface area contributed by atoms with Crippen molar-refractivity contribution in [3.63, 3.8) is 0 Å². The number of thiophene rings is 1. The summed E-state index contributed by atoms with van der Waals surface area (Å²) in [5.74, 6) is -0.133. The van der Waals surface area contributed by atoms with Crippen LogP contribution >= 0.6 is 11.3 Å². The van der Waals surface area contributed by atoms with Gasteiger partial charge >= 0.3 is 11.9 Å². The zero-order chi connectivity index (χ0) is 23.7. The van der Waals surface area contributed by atoms with Crippen LogP contribution in [0.15, 0.2) is 30.3 Å². The van der Waals surface area contributed by atoms with E-state index in [1.165, 1.54) is 23.5 Å². The minimum atomic E-state index is -0.573. The third kappa shape index (κ3) is 5.11. The molecule has 33 heavy (non-hydrogen) atoms. The number of hydrogen-bond acceptors (Lipinski definition) is 6. The molecule has 0 aliphatic heterocycles. The van der Waals surface area contributed by atoms with Gasteiger partial charge in [-0.3, -0.25) is 0 Å². The molecule has 0 amide bonds. The number of aryl methyl sites for hydroxylation is 1. The molecule has 4 rings (SSSR count). The van der Waals surface area contributed by atoms with Crippen LogP contribution in [0.3, 0.4) is 0 Å². The number of benzene rings is 1. The van der Waals surface area contributed by atoms with Crippen molar-refractivity contribution in [1.82, 2.24) is 9.78 Å². The van der Waals surface area contributed by atoms with Gasteiger partial charge in [0.05, 0.1) is 11.4 Å². The van der Waals surface area contributed by atoms with Crippen LogP contribution in [0.2, 0.25) is 0 Å². The molecule has 0 radical (unpaired) electrons. The summed E-state index contributed by atoms with van der Waals surface area (Å²) >= 11 is 1.22. The molecule has 8 heteroatoms. The third-order valence-corrected chi connectivity index (χ3v) is 7.47. The molecular formula is C25H29FN2O4S. The topological polar surface area (TPSA) is 70.4 Å². The predicted molar refractivity (Wildman–Crippen MR) is 125 cm³/mol. The van der Waals surface area contributed by atoms with Gasteiger partial charge in [0.15, 0.2) is 6.61 Å². The number of carbonyl (C=O) groups excluding carboxylic acids is 2. The summed E-state index contributed by atoms with van der Waals surface area (Å²) in [6.07, 6.45) is 2.90. The molecule has 0 N–H and O–H groups in total. The van der Waals surface area contributed by atoms with Crippen LogP contribution in [0.1, 0.15) is 55.4 Å². The van der Waals surface area contributed by atoms with E-state index in [9.17, 15) is 14.0 Å². The molecule has 3 atom stereocenters.